The van der Waals surface area contributed by atoms with Gasteiger partial charge in [-0.2, -0.15) is 0 Å². The molecule has 3 rings (SSSR count). The summed E-state index contributed by atoms with van der Waals surface area (Å²) >= 11 is 5.50. The second kappa shape index (κ2) is 16.5. The molecule has 1 saturated heterocycles. The van der Waals surface area contributed by atoms with Crippen molar-refractivity contribution in [3.8, 4) is 0 Å². The Labute approximate surface area is 225 Å². The Hall–Kier alpha value is -3.26. The second-order valence-electron chi connectivity index (χ2n) is 8.74. The molecule has 8 heteroatoms. The molecule has 0 spiro atoms. The van der Waals surface area contributed by atoms with Gasteiger partial charge in [0.05, 0.1) is 5.70 Å². The molecule has 0 bridgehead atoms. The van der Waals surface area contributed by atoms with E-state index in [9.17, 15) is 5.11 Å². The normalized spacial score (nSPS) is 22.6. The Morgan fingerprint density at radius 3 is 2.97 bits per heavy atom. The van der Waals surface area contributed by atoms with Crippen molar-refractivity contribution < 1.29 is 5.11 Å². The van der Waals surface area contributed by atoms with Crippen molar-refractivity contribution >= 4 is 24.5 Å². The summed E-state index contributed by atoms with van der Waals surface area (Å²) in [5, 5.41) is 16.6. The summed E-state index contributed by atoms with van der Waals surface area (Å²) in [5.41, 5.74) is 5.42. The number of aliphatic hydroxyl groups is 1. The zero-order valence-electron chi connectivity index (χ0n) is 21.3. The van der Waals surface area contributed by atoms with Gasteiger partial charge in [-0.05, 0) is 67.8 Å². The number of aromatic nitrogens is 1. The molecule has 196 valence electrons. The number of hydrogen-bond acceptors (Lipinski definition) is 7. The van der Waals surface area contributed by atoms with Gasteiger partial charge in [0.15, 0.2) is 0 Å². The first-order valence-corrected chi connectivity index (χ1v) is 13.2. The largest absolute Gasteiger partial charge is 0.374 e. The van der Waals surface area contributed by atoms with Crippen molar-refractivity contribution in [3.05, 3.63) is 101 Å². The van der Waals surface area contributed by atoms with Crippen LogP contribution < -0.4 is 10.6 Å². The molecule has 3 heterocycles. The Kier molecular flexibility index (Phi) is 12.6. The van der Waals surface area contributed by atoms with E-state index in [1.807, 2.05) is 30.5 Å². The number of piperidine rings is 1. The highest BCUT2D eigenvalue weighted by atomic mass is 35.5. The Bertz CT molecular complexity index is 1080. The van der Waals surface area contributed by atoms with Gasteiger partial charge in [0.2, 0.25) is 0 Å². The third kappa shape index (κ3) is 10.3. The molecule has 0 aromatic carbocycles. The van der Waals surface area contributed by atoms with Gasteiger partial charge in [-0.15, -0.1) is 0 Å². The summed E-state index contributed by atoms with van der Waals surface area (Å²) in [5.74, 6) is 0.571. The van der Waals surface area contributed by atoms with Gasteiger partial charge in [-0.3, -0.25) is 15.3 Å². The molecule has 1 unspecified atom stereocenters. The van der Waals surface area contributed by atoms with Gasteiger partial charge >= 0.3 is 0 Å². The van der Waals surface area contributed by atoms with E-state index in [1.54, 1.807) is 18.5 Å². The molecular weight excluding hydrogens is 484 g/mol. The minimum atomic E-state index is -0.803. The van der Waals surface area contributed by atoms with Gasteiger partial charge < -0.3 is 15.3 Å². The first-order valence-electron chi connectivity index (χ1n) is 12.7. The Morgan fingerprint density at radius 2 is 2.16 bits per heavy atom. The lowest BCUT2D eigenvalue weighted by Gasteiger charge is -2.29. The van der Waals surface area contributed by atoms with Gasteiger partial charge in [0.1, 0.15) is 12.0 Å². The lowest BCUT2D eigenvalue weighted by atomic mass is 10.0. The number of halogens is 1. The Balaban J connectivity index is 1.57. The Morgan fingerprint density at radius 1 is 1.30 bits per heavy atom. The fraction of sp³-hybridized carbons (Fsp3) is 0.345. The SMILES string of the molecule is C=N/C(=C\C=C\CNC(O)c1ccnc(CC2=C\CC\N=C/C(N3CCCCC3)=C/C=C/2)c1)N/C=C/Cl. The fourth-order valence-corrected chi connectivity index (χ4v) is 4.16. The minimum absolute atomic E-state index is 0.477. The first kappa shape index (κ1) is 28.3. The van der Waals surface area contributed by atoms with E-state index < -0.39 is 6.23 Å². The number of rotatable bonds is 11. The van der Waals surface area contributed by atoms with E-state index in [4.69, 9.17) is 11.6 Å². The highest BCUT2D eigenvalue weighted by Gasteiger charge is 2.12. The summed E-state index contributed by atoms with van der Waals surface area (Å²) in [7, 11) is 0. The molecule has 0 aliphatic carbocycles. The fourth-order valence-electron chi connectivity index (χ4n) is 4.10. The van der Waals surface area contributed by atoms with Crippen molar-refractivity contribution in [2.75, 3.05) is 26.2 Å². The first-order chi connectivity index (χ1) is 18.2. The molecule has 37 heavy (non-hydrogen) atoms. The summed E-state index contributed by atoms with van der Waals surface area (Å²) in [6, 6.07) is 3.77. The van der Waals surface area contributed by atoms with Crippen LogP contribution in [0.5, 0.6) is 0 Å². The van der Waals surface area contributed by atoms with Crippen LogP contribution in [0.3, 0.4) is 0 Å². The maximum atomic E-state index is 10.6. The third-order valence-electron chi connectivity index (χ3n) is 6.01. The molecule has 0 amide bonds. The topological polar surface area (TPSA) is 85.1 Å². The van der Waals surface area contributed by atoms with Crippen molar-refractivity contribution in [1.82, 2.24) is 20.5 Å². The average molecular weight is 521 g/mol. The number of allylic oxidation sites excluding steroid dienone is 7. The molecule has 1 fully saturated rings. The molecule has 0 saturated carbocycles. The van der Waals surface area contributed by atoms with Gasteiger partial charge in [0.25, 0.3) is 0 Å². The third-order valence-corrected chi connectivity index (χ3v) is 6.14. The van der Waals surface area contributed by atoms with Crippen LogP contribution in [0.15, 0.2) is 99.7 Å². The average Bonchev–Trinajstić information content (AvgIpc) is 2.94. The molecule has 7 nitrogen and oxygen atoms in total. The van der Waals surface area contributed by atoms with E-state index in [2.05, 4.69) is 61.5 Å². The second-order valence-corrected chi connectivity index (χ2v) is 9.00. The van der Waals surface area contributed by atoms with Crippen molar-refractivity contribution in [2.24, 2.45) is 9.98 Å². The number of nitrogens with zero attached hydrogens (tertiary/aromatic N) is 4. The van der Waals surface area contributed by atoms with Gasteiger partial charge in [-0.1, -0.05) is 42.0 Å². The maximum absolute atomic E-state index is 10.6. The zero-order valence-corrected chi connectivity index (χ0v) is 22.0. The van der Waals surface area contributed by atoms with E-state index in [0.717, 1.165) is 37.3 Å². The summed E-state index contributed by atoms with van der Waals surface area (Å²) in [4.78, 5) is 15.5. The molecule has 3 N–H and O–H groups in total. The number of nitrogens with one attached hydrogen (secondary N) is 2. The van der Waals surface area contributed by atoms with Crippen LogP contribution in [0.2, 0.25) is 0 Å². The van der Waals surface area contributed by atoms with Crippen LogP contribution >= 0.6 is 11.6 Å². The van der Waals surface area contributed by atoms with Crippen LogP contribution in [0.25, 0.3) is 0 Å². The zero-order chi connectivity index (χ0) is 26.1. The lowest BCUT2D eigenvalue weighted by molar-refractivity contribution is 0.144. The lowest BCUT2D eigenvalue weighted by Crippen LogP contribution is -2.29. The molecule has 1 aromatic rings. The smallest absolute Gasteiger partial charge is 0.131 e. The van der Waals surface area contributed by atoms with Crippen LogP contribution in [-0.2, 0) is 6.42 Å². The highest BCUT2D eigenvalue weighted by Crippen LogP contribution is 2.17. The predicted octanol–water partition coefficient (Wildman–Crippen LogP) is 4.93. The molecule has 1 atom stereocenters. The van der Waals surface area contributed by atoms with E-state index in [1.165, 1.54) is 36.1 Å². The van der Waals surface area contributed by atoms with Gasteiger partial charge in [0, 0.05) is 62.4 Å². The monoisotopic (exact) mass is 520 g/mol. The molecule has 0 radical (unpaired) electrons. The van der Waals surface area contributed by atoms with Crippen molar-refractivity contribution in [3.63, 3.8) is 0 Å². The number of hydrogen-bond donors (Lipinski definition) is 3. The van der Waals surface area contributed by atoms with Crippen molar-refractivity contribution in [2.45, 2.75) is 38.3 Å². The summed E-state index contributed by atoms with van der Waals surface area (Å²) < 4.78 is 0. The van der Waals surface area contributed by atoms with Crippen LogP contribution in [-0.4, -0.2) is 54.1 Å². The minimum Gasteiger partial charge on any atom is -0.374 e. The highest BCUT2D eigenvalue weighted by molar-refractivity contribution is 6.25. The number of aliphatic hydroxyl groups excluding tert-OH is 1. The van der Waals surface area contributed by atoms with E-state index >= 15 is 0 Å². The van der Waals surface area contributed by atoms with E-state index in [-0.39, 0.29) is 0 Å². The molecule has 2 aliphatic rings. The quantitative estimate of drug-likeness (QED) is 0.219. The van der Waals surface area contributed by atoms with Crippen LogP contribution in [0.1, 0.15) is 43.2 Å². The van der Waals surface area contributed by atoms with E-state index in [0.29, 0.717) is 18.8 Å². The van der Waals surface area contributed by atoms with Gasteiger partial charge in [-0.25, -0.2) is 4.99 Å². The number of likely N-dealkylation sites (tertiary alicyclic amines) is 1. The van der Waals surface area contributed by atoms with Crippen LogP contribution in [0.4, 0.5) is 0 Å². The predicted molar refractivity (Wildman–Crippen MR) is 155 cm³/mol. The summed E-state index contributed by atoms with van der Waals surface area (Å²) in [6.07, 6.45) is 24.0. The standard InChI is InChI=1S/C29H37ClN6O/c1-31-28(34-18-14-30)12-3-4-16-35-29(37)25-13-17-33-26(22-25)21-24-9-7-11-27(23-32-15-8-10-24)36-19-5-2-6-20-36/h3-4,7,9-14,17-18,22-23,29,34-35,37H,1-2,5-6,8,15-16,19-21H2/b4-3+,9-7+,18-14+,24-10+,27-11-,28-12+,32-23-. The molecule has 1 aromatic heterocycles. The molecular formula is C29H37ClN6O. The number of pyridine rings is 1. The molecule has 2 aliphatic heterocycles. The van der Waals surface area contributed by atoms with Crippen molar-refractivity contribution in [1.29, 1.82) is 0 Å². The summed E-state index contributed by atoms with van der Waals surface area (Å²) in [6.45, 7) is 6.95. The maximum Gasteiger partial charge on any atom is 0.131 e. The number of aliphatic imine (C=N–C) groups is 2. The van der Waals surface area contributed by atoms with Crippen LogP contribution in [0, 0.1) is 0 Å².